The molecular formula is C19H21N5O3. The summed E-state index contributed by atoms with van der Waals surface area (Å²) in [5, 5.41) is 2.91. The maximum Gasteiger partial charge on any atom is 0.294 e. The van der Waals surface area contributed by atoms with Crippen LogP contribution in [0.15, 0.2) is 45.9 Å². The largest absolute Gasteiger partial charge is 0.467 e. The Morgan fingerprint density at radius 2 is 2.11 bits per heavy atom. The van der Waals surface area contributed by atoms with Crippen LogP contribution in [-0.2, 0) is 18.4 Å². The number of anilines is 1. The summed E-state index contributed by atoms with van der Waals surface area (Å²) < 4.78 is 6.76. The molecule has 4 heterocycles. The molecule has 1 amide bonds. The van der Waals surface area contributed by atoms with Crippen molar-refractivity contribution in [2.24, 2.45) is 13.0 Å². The SMILES string of the molecule is Cn1c(=O)c(N2CCC(C(=O)NCc3ccco3)CC2)nc2cccnc21. The molecule has 1 saturated heterocycles. The lowest BCUT2D eigenvalue weighted by molar-refractivity contribution is -0.125. The van der Waals surface area contributed by atoms with Crippen molar-refractivity contribution >= 4 is 22.9 Å². The molecule has 0 aliphatic carbocycles. The number of amides is 1. The first-order valence-corrected chi connectivity index (χ1v) is 9.00. The zero-order chi connectivity index (χ0) is 18.8. The summed E-state index contributed by atoms with van der Waals surface area (Å²) in [5.74, 6) is 1.11. The van der Waals surface area contributed by atoms with Crippen molar-refractivity contribution in [2.45, 2.75) is 19.4 Å². The van der Waals surface area contributed by atoms with Crippen molar-refractivity contribution in [2.75, 3.05) is 18.0 Å². The smallest absolute Gasteiger partial charge is 0.294 e. The molecule has 0 unspecified atom stereocenters. The van der Waals surface area contributed by atoms with Crippen molar-refractivity contribution in [3.05, 3.63) is 52.8 Å². The molecular weight excluding hydrogens is 346 g/mol. The molecule has 1 fully saturated rings. The molecule has 1 aliphatic rings. The number of piperidine rings is 1. The molecule has 140 valence electrons. The van der Waals surface area contributed by atoms with Crippen LogP contribution in [0.2, 0.25) is 0 Å². The number of carbonyl (C=O) groups excluding carboxylic acids is 1. The van der Waals surface area contributed by atoms with Crippen molar-refractivity contribution in [3.63, 3.8) is 0 Å². The van der Waals surface area contributed by atoms with E-state index in [2.05, 4.69) is 15.3 Å². The van der Waals surface area contributed by atoms with Gasteiger partial charge in [-0.15, -0.1) is 0 Å². The Hall–Kier alpha value is -3.16. The number of rotatable bonds is 4. The summed E-state index contributed by atoms with van der Waals surface area (Å²) in [6.07, 6.45) is 4.60. The van der Waals surface area contributed by atoms with Gasteiger partial charge in [0.2, 0.25) is 5.91 Å². The van der Waals surface area contributed by atoms with E-state index in [0.29, 0.717) is 49.5 Å². The van der Waals surface area contributed by atoms with Gasteiger partial charge in [-0.1, -0.05) is 0 Å². The third kappa shape index (κ3) is 3.42. The zero-order valence-corrected chi connectivity index (χ0v) is 15.1. The van der Waals surface area contributed by atoms with Crippen LogP contribution in [0.5, 0.6) is 0 Å². The number of aryl methyl sites for hydroxylation is 1. The van der Waals surface area contributed by atoms with Crippen molar-refractivity contribution in [3.8, 4) is 0 Å². The first-order valence-electron chi connectivity index (χ1n) is 9.00. The number of furan rings is 1. The van der Waals surface area contributed by atoms with Crippen molar-refractivity contribution < 1.29 is 9.21 Å². The topological polar surface area (TPSA) is 93.3 Å². The molecule has 3 aromatic heterocycles. The molecule has 0 saturated carbocycles. The second-order valence-corrected chi connectivity index (χ2v) is 6.70. The van der Waals surface area contributed by atoms with Gasteiger partial charge in [0.25, 0.3) is 5.56 Å². The summed E-state index contributed by atoms with van der Waals surface area (Å²) in [6.45, 7) is 1.63. The van der Waals surface area contributed by atoms with Crippen molar-refractivity contribution in [1.29, 1.82) is 0 Å². The van der Waals surface area contributed by atoms with E-state index in [1.165, 1.54) is 4.57 Å². The summed E-state index contributed by atoms with van der Waals surface area (Å²) in [5.41, 5.74) is 1.09. The highest BCUT2D eigenvalue weighted by Crippen LogP contribution is 2.21. The van der Waals surface area contributed by atoms with Crippen LogP contribution in [0.25, 0.3) is 11.2 Å². The molecule has 0 bridgehead atoms. The van der Waals surface area contributed by atoms with E-state index >= 15 is 0 Å². The predicted molar refractivity (Wildman–Crippen MR) is 100 cm³/mol. The number of carbonyl (C=O) groups is 1. The van der Waals surface area contributed by atoms with E-state index in [1.54, 1.807) is 31.6 Å². The Bertz CT molecular complexity index is 1000. The van der Waals surface area contributed by atoms with Gasteiger partial charge in [0.05, 0.1) is 12.8 Å². The second-order valence-electron chi connectivity index (χ2n) is 6.70. The van der Waals surface area contributed by atoms with E-state index in [1.807, 2.05) is 17.0 Å². The first kappa shape index (κ1) is 17.3. The van der Waals surface area contributed by atoms with E-state index in [9.17, 15) is 9.59 Å². The molecule has 4 rings (SSSR count). The van der Waals surface area contributed by atoms with Crippen LogP contribution in [-0.4, -0.2) is 33.5 Å². The predicted octanol–water partition coefficient (Wildman–Crippen LogP) is 1.45. The molecule has 1 N–H and O–H groups in total. The van der Waals surface area contributed by atoms with Crippen LogP contribution < -0.4 is 15.8 Å². The minimum Gasteiger partial charge on any atom is -0.467 e. The normalized spacial score (nSPS) is 15.2. The van der Waals surface area contributed by atoms with Gasteiger partial charge in [-0.3, -0.25) is 14.2 Å². The fourth-order valence-electron chi connectivity index (χ4n) is 3.43. The molecule has 1 aliphatic heterocycles. The average molecular weight is 367 g/mol. The van der Waals surface area contributed by atoms with Gasteiger partial charge in [0.1, 0.15) is 11.3 Å². The minimum atomic E-state index is -0.165. The number of nitrogens with one attached hydrogen (secondary N) is 1. The van der Waals surface area contributed by atoms with Crippen LogP contribution in [0.3, 0.4) is 0 Å². The maximum atomic E-state index is 12.7. The second kappa shape index (κ2) is 7.22. The number of pyridine rings is 1. The molecule has 0 radical (unpaired) electrons. The lowest BCUT2D eigenvalue weighted by Crippen LogP contribution is -2.43. The fourth-order valence-corrected chi connectivity index (χ4v) is 3.43. The van der Waals surface area contributed by atoms with E-state index in [-0.39, 0.29) is 17.4 Å². The van der Waals surface area contributed by atoms with Gasteiger partial charge in [-0.05, 0) is 37.1 Å². The maximum absolute atomic E-state index is 12.7. The van der Waals surface area contributed by atoms with Crippen LogP contribution in [0.4, 0.5) is 5.82 Å². The zero-order valence-electron chi connectivity index (χ0n) is 15.1. The lowest BCUT2D eigenvalue weighted by Gasteiger charge is -2.31. The highest BCUT2D eigenvalue weighted by molar-refractivity contribution is 5.79. The van der Waals surface area contributed by atoms with Gasteiger partial charge in [-0.2, -0.15) is 0 Å². The lowest BCUT2D eigenvalue weighted by atomic mass is 9.96. The van der Waals surface area contributed by atoms with Gasteiger partial charge < -0.3 is 14.6 Å². The molecule has 8 nitrogen and oxygen atoms in total. The van der Waals surface area contributed by atoms with Gasteiger partial charge >= 0.3 is 0 Å². The third-order valence-electron chi connectivity index (χ3n) is 4.99. The van der Waals surface area contributed by atoms with Crippen LogP contribution in [0.1, 0.15) is 18.6 Å². The van der Waals surface area contributed by atoms with Gasteiger partial charge in [-0.25, -0.2) is 9.97 Å². The Labute approximate surface area is 155 Å². The molecule has 0 spiro atoms. The average Bonchev–Trinajstić information content (AvgIpc) is 3.23. The van der Waals surface area contributed by atoms with E-state index in [0.717, 1.165) is 5.76 Å². The third-order valence-corrected chi connectivity index (χ3v) is 4.99. The van der Waals surface area contributed by atoms with Crippen LogP contribution >= 0.6 is 0 Å². The summed E-state index contributed by atoms with van der Waals surface area (Å²) in [4.78, 5) is 35.7. The molecule has 0 atom stereocenters. The van der Waals surface area contributed by atoms with Crippen LogP contribution in [0, 0.1) is 5.92 Å². The Balaban J connectivity index is 1.43. The quantitative estimate of drug-likeness (QED) is 0.750. The summed E-state index contributed by atoms with van der Waals surface area (Å²) in [6, 6.07) is 7.28. The molecule has 27 heavy (non-hydrogen) atoms. The number of nitrogens with zero attached hydrogens (tertiary/aromatic N) is 4. The van der Waals surface area contributed by atoms with Crippen molar-refractivity contribution in [1.82, 2.24) is 19.9 Å². The Morgan fingerprint density at radius 1 is 1.30 bits per heavy atom. The van der Waals surface area contributed by atoms with E-state index < -0.39 is 0 Å². The van der Waals surface area contributed by atoms with Gasteiger partial charge in [0.15, 0.2) is 11.5 Å². The molecule has 8 heteroatoms. The standard InChI is InChI=1S/C19H21N5O3/c1-23-16-15(5-2-8-20-16)22-17(19(23)26)24-9-6-13(7-10-24)18(25)21-12-14-4-3-11-27-14/h2-5,8,11,13H,6-7,9-10,12H2,1H3,(H,21,25). The minimum absolute atomic E-state index is 0.0228. The fraction of sp³-hybridized carbons (Fsp3) is 0.368. The number of hydrogen-bond donors (Lipinski definition) is 1. The summed E-state index contributed by atoms with van der Waals surface area (Å²) in [7, 11) is 1.71. The Morgan fingerprint density at radius 3 is 2.85 bits per heavy atom. The number of fused-ring (bicyclic) bond motifs is 1. The number of aromatic nitrogens is 3. The monoisotopic (exact) mass is 367 g/mol. The van der Waals surface area contributed by atoms with E-state index in [4.69, 9.17) is 4.42 Å². The number of hydrogen-bond acceptors (Lipinski definition) is 6. The highest BCUT2D eigenvalue weighted by Gasteiger charge is 2.27. The first-order chi connectivity index (χ1) is 13.1. The molecule has 0 aromatic carbocycles. The molecule has 3 aromatic rings. The highest BCUT2D eigenvalue weighted by atomic mass is 16.3. The summed E-state index contributed by atoms with van der Waals surface area (Å²) >= 11 is 0. The Kier molecular flexibility index (Phi) is 4.62. The van der Waals surface area contributed by atoms with Gasteiger partial charge in [0, 0.05) is 32.3 Å².